The monoisotopic (exact) mass is 326 g/mol. The van der Waals surface area contributed by atoms with Crippen LogP contribution in [0.2, 0.25) is 5.02 Å². The first-order valence-electron chi connectivity index (χ1n) is 5.79. The summed E-state index contributed by atoms with van der Waals surface area (Å²) in [6.45, 7) is 0. The Morgan fingerprint density at radius 1 is 1.15 bits per heavy atom. The molecule has 0 spiro atoms. The quantitative estimate of drug-likeness (QED) is 0.519. The number of thioether (sulfide) groups is 2. The molecule has 1 aromatic carbocycles. The molecule has 1 saturated heterocycles. The van der Waals surface area contributed by atoms with Gasteiger partial charge in [-0.05, 0) is 23.8 Å². The zero-order valence-corrected chi connectivity index (χ0v) is 12.7. The molecule has 0 unspecified atom stereocenters. The maximum atomic E-state index is 12.0. The van der Waals surface area contributed by atoms with Crippen molar-refractivity contribution in [1.82, 2.24) is 0 Å². The summed E-state index contributed by atoms with van der Waals surface area (Å²) in [4.78, 5) is 23.3. The van der Waals surface area contributed by atoms with Crippen LogP contribution < -0.4 is 0 Å². The largest absolute Gasteiger partial charge is 0.477 e. The molecule has 104 valence electrons. The van der Waals surface area contributed by atoms with Crippen molar-refractivity contribution >= 4 is 53.0 Å². The van der Waals surface area contributed by atoms with Gasteiger partial charge in [0.2, 0.25) is 0 Å². The predicted octanol–water partition coefficient (Wildman–Crippen LogP) is 3.70. The summed E-state index contributed by atoms with van der Waals surface area (Å²) in [5.41, 5.74) is 0.659. The standard InChI is InChI=1S/C14H11ClO3S2/c15-10-4-1-9(2-5-10)3-6-11(16)12(13(17)18)14-19-7-8-20-14/h1-6H,7-8H2,(H,17,18)/b6-3-. The van der Waals surface area contributed by atoms with E-state index in [4.69, 9.17) is 11.6 Å². The molecule has 0 saturated carbocycles. The number of rotatable bonds is 4. The highest BCUT2D eigenvalue weighted by Gasteiger charge is 2.24. The number of carboxylic acids is 1. The Balaban J connectivity index is 2.19. The number of carbonyl (C=O) groups excluding carboxylic acids is 1. The maximum Gasteiger partial charge on any atom is 0.341 e. The number of halogens is 1. The zero-order valence-electron chi connectivity index (χ0n) is 10.3. The van der Waals surface area contributed by atoms with E-state index in [0.717, 1.165) is 17.1 Å². The second-order valence-corrected chi connectivity index (χ2v) is 6.82. The van der Waals surface area contributed by atoms with Gasteiger partial charge in [0.05, 0.1) is 4.24 Å². The van der Waals surface area contributed by atoms with Crippen LogP contribution in [0.3, 0.4) is 0 Å². The molecule has 1 aromatic rings. The lowest BCUT2D eigenvalue weighted by Crippen LogP contribution is -2.11. The van der Waals surface area contributed by atoms with Gasteiger partial charge in [0.1, 0.15) is 5.57 Å². The van der Waals surface area contributed by atoms with E-state index in [1.165, 1.54) is 29.6 Å². The van der Waals surface area contributed by atoms with Crippen LogP contribution >= 0.6 is 35.1 Å². The van der Waals surface area contributed by atoms with Crippen molar-refractivity contribution in [3.05, 3.63) is 50.7 Å². The van der Waals surface area contributed by atoms with Crippen molar-refractivity contribution in [1.29, 1.82) is 0 Å². The van der Waals surface area contributed by atoms with E-state index in [2.05, 4.69) is 0 Å². The van der Waals surface area contributed by atoms with Gasteiger partial charge in [0.25, 0.3) is 0 Å². The molecular weight excluding hydrogens is 316 g/mol. The summed E-state index contributed by atoms with van der Waals surface area (Å²) in [6.07, 6.45) is 2.88. The van der Waals surface area contributed by atoms with E-state index >= 15 is 0 Å². The highest BCUT2D eigenvalue weighted by Crippen LogP contribution is 2.39. The molecule has 0 radical (unpaired) electrons. The normalized spacial score (nSPS) is 14.8. The SMILES string of the molecule is O=C(O)C(C(=O)/C=C\c1ccc(Cl)cc1)=C1SCCS1. The first-order valence-corrected chi connectivity index (χ1v) is 8.14. The van der Waals surface area contributed by atoms with Crippen molar-refractivity contribution in [3.63, 3.8) is 0 Å². The van der Waals surface area contributed by atoms with Crippen LogP contribution in [0.5, 0.6) is 0 Å². The molecule has 0 aliphatic carbocycles. The van der Waals surface area contributed by atoms with E-state index < -0.39 is 11.8 Å². The second-order valence-electron chi connectivity index (χ2n) is 3.91. The number of aliphatic carboxylic acids is 1. The molecule has 0 amide bonds. The predicted molar refractivity (Wildman–Crippen MR) is 85.1 cm³/mol. The van der Waals surface area contributed by atoms with E-state index in [9.17, 15) is 14.7 Å². The zero-order chi connectivity index (χ0) is 14.5. The first-order chi connectivity index (χ1) is 9.58. The molecule has 0 atom stereocenters. The lowest BCUT2D eigenvalue weighted by molar-refractivity contribution is -0.134. The molecule has 2 rings (SSSR count). The minimum Gasteiger partial charge on any atom is -0.477 e. The lowest BCUT2D eigenvalue weighted by Gasteiger charge is -2.01. The van der Waals surface area contributed by atoms with Gasteiger partial charge >= 0.3 is 5.97 Å². The van der Waals surface area contributed by atoms with Gasteiger partial charge in [-0.3, -0.25) is 4.79 Å². The maximum absolute atomic E-state index is 12.0. The minimum absolute atomic E-state index is 0.136. The van der Waals surface area contributed by atoms with Crippen LogP contribution in [0.1, 0.15) is 5.56 Å². The fraction of sp³-hybridized carbons (Fsp3) is 0.143. The third-order valence-electron chi connectivity index (χ3n) is 2.51. The Morgan fingerprint density at radius 3 is 2.30 bits per heavy atom. The third kappa shape index (κ3) is 3.91. The number of hydrogen-bond donors (Lipinski definition) is 1. The molecule has 1 aliphatic rings. The molecule has 0 bridgehead atoms. The van der Waals surface area contributed by atoms with Crippen molar-refractivity contribution < 1.29 is 14.7 Å². The second kappa shape index (κ2) is 7.02. The molecule has 1 heterocycles. The third-order valence-corrected chi connectivity index (χ3v) is 5.48. The van der Waals surface area contributed by atoms with Crippen LogP contribution in [0.25, 0.3) is 6.08 Å². The van der Waals surface area contributed by atoms with Crippen LogP contribution in [0.15, 0.2) is 40.2 Å². The van der Waals surface area contributed by atoms with Crippen LogP contribution in [0.4, 0.5) is 0 Å². The molecule has 1 aliphatic heterocycles. The van der Waals surface area contributed by atoms with Gasteiger partial charge in [0, 0.05) is 16.5 Å². The average molecular weight is 327 g/mol. The topological polar surface area (TPSA) is 54.4 Å². The highest BCUT2D eigenvalue weighted by molar-refractivity contribution is 8.25. The number of ketones is 1. The van der Waals surface area contributed by atoms with Gasteiger partial charge in [-0.2, -0.15) is 0 Å². The molecular formula is C14H11ClO3S2. The number of benzene rings is 1. The van der Waals surface area contributed by atoms with Crippen LogP contribution in [0, 0.1) is 0 Å². The summed E-state index contributed by atoms with van der Waals surface area (Å²) >= 11 is 8.61. The van der Waals surface area contributed by atoms with Crippen molar-refractivity contribution in [2.24, 2.45) is 0 Å². The van der Waals surface area contributed by atoms with Gasteiger partial charge in [0.15, 0.2) is 5.78 Å². The van der Waals surface area contributed by atoms with E-state index in [0.29, 0.717) is 9.26 Å². The smallest absolute Gasteiger partial charge is 0.341 e. The molecule has 20 heavy (non-hydrogen) atoms. The Morgan fingerprint density at radius 2 is 1.75 bits per heavy atom. The van der Waals surface area contributed by atoms with Crippen molar-refractivity contribution in [2.45, 2.75) is 0 Å². The van der Waals surface area contributed by atoms with Gasteiger partial charge < -0.3 is 5.11 Å². The molecule has 1 N–H and O–H groups in total. The van der Waals surface area contributed by atoms with E-state index in [1.54, 1.807) is 30.3 Å². The van der Waals surface area contributed by atoms with Crippen LogP contribution in [-0.2, 0) is 9.59 Å². The molecule has 0 aromatic heterocycles. The minimum atomic E-state index is -1.17. The fourth-order valence-electron chi connectivity index (χ4n) is 1.58. The van der Waals surface area contributed by atoms with Crippen molar-refractivity contribution in [3.8, 4) is 0 Å². The Bertz CT molecular complexity index is 583. The Kier molecular flexibility index (Phi) is 5.34. The lowest BCUT2D eigenvalue weighted by atomic mass is 10.1. The first kappa shape index (κ1) is 15.2. The van der Waals surface area contributed by atoms with Crippen molar-refractivity contribution in [2.75, 3.05) is 11.5 Å². The van der Waals surface area contributed by atoms with E-state index in [1.807, 2.05) is 0 Å². The summed E-state index contributed by atoms with van der Waals surface area (Å²) in [6, 6.07) is 6.95. The summed E-state index contributed by atoms with van der Waals surface area (Å²) < 4.78 is 0.600. The van der Waals surface area contributed by atoms with Gasteiger partial charge in [-0.1, -0.05) is 29.8 Å². The number of hydrogen-bond acceptors (Lipinski definition) is 4. The van der Waals surface area contributed by atoms with Gasteiger partial charge in [-0.25, -0.2) is 4.79 Å². The van der Waals surface area contributed by atoms with Gasteiger partial charge in [-0.15, -0.1) is 23.5 Å². The fourth-order valence-corrected chi connectivity index (χ4v) is 4.24. The number of carbonyl (C=O) groups is 2. The Labute approximate surface area is 130 Å². The van der Waals surface area contributed by atoms with E-state index in [-0.39, 0.29) is 5.57 Å². The van der Waals surface area contributed by atoms with Crippen LogP contribution in [-0.4, -0.2) is 28.4 Å². The highest BCUT2D eigenvalue weighted by atomic mass is 35.5. The average Bonchev–Trinajstić information content (AvgIpc) is 2.91. The summed E-state index contributed by atoms with van der Waals surface area (Å²) in [5, 5.41) is 9.79. The summed E-state index contributed by atoms with van der Waals surface area (Å²) in [5.74, 6) is 0.0210. The number of carboxylic acid groups (broad SMARTS) is 1. The number of allylic oxidation sites excluding steroid dienone is 1. The summed E-state index contributed by atoms with van der Waals surface area (Å²) in [7, 11) is 0. The molecule has 3 nitrogen and oxygen atoms in total. The molecule has 1 fully saturated rings. The Hall–Kier alpha value is -1.17. The molecule has 6 heteroatoms.